The lowest BCUT2D eigenvalue weighted by molar-refractivity contribution is 0.112. The number of nitrogens with zero attached hydrogens (tertiary/aromatic N) is 3. The van der Waals surface area contributed by atoms with Gasteiger partial charge >= 0.3 is 0 Å². The molecule has 0 unspecified atom stereocenters. The molecule has 1 aromatic carbocycles. The van der Waals surface area contributed by atoms with E-state index in [0.717, 1.165) is 0 Å². The van der Waals surface area contributed by atoms with E-state index in [1.165, 1.54) is 18.2 Å². The first-order valence-corrected chi connectivity index (χ1v) is 3.17. The Balaban J connectivity index is 3.17. The standard InChI is InChI=1S/C7H6N4O/c8-7-3-6(10-11-9)2-1-5(7)4-12/h1-4H,8H2. The SMILES string of the molecule is [N-]=[N+]=Nc1ccc(C=O)c(N)c1. The molecule has 0 aliphatic rings. The molecule has 2 N–H and O–H groups in total. The predicted molar refractivity (Wildman–Crippen MR) is 45.0 cm³/mol. The topological polar surface area (TPSA) is 91.9 Å². The molecule has 5 heteroatoms. The number of benzene rings is 1. The van der Waals surface area contributed by atoms with Gasteiger partial charge < -0.3 is 5.73 Å². The maximum Gasteiger partial charge on any atom is 0.152 e. The number of anilines is 1. The number of hydrogen-bond donors (Lipinski definition) is 1. The molecule has 12 heavy (non-hydrogen) atoms. The van der Waals surface area contributed by atoms with Gasteiger partial charge in [0.2, 0.25) is 0 Å². The number of azide groups is 1. The fourth-order valence-corrected chi connectivity index (χ4v) is 0.783. The van der Waals surface area contributed by atoms with E-state index in [1.807, 2.05) is 0 Å². The van der Waals surface area contributed by atoms with Gasteiger partial charge in [-0.1, -0.05) is 11.2 Å². The molecule has 0 aromatic heterocycles. The molecule has 0 heterocycles. The van der Waals surface area contributed by atoms with Gasteiger partial charge in [-0.15, -0.1) is 0 Å². The van der Waals surface area contributed by atoms with Crippen molar-refractivity contribution in [1.82, 2.24) is 0 Å². The maximum atomic E-state index is 10.3. The van der Waals surface area contributed by atoms with Crippen molar-refractivity contribution in [2.24, 2.45) is 5.11 Å². The van der Waals surface area contributed by atoms with Crippen molar-refractivity contribution in [3.63, 3.8) is 0 Å². The third-order valence-corrected chi connectivity index (χ3v) is 1.36. The van der Waals surface area contributed by atoms with Crippen LogP contribution in [0.15, 0.2) is 23.3 Å². The van der Waals surface area contributed by atoms with E-state index in [1.54, 1.807) is 0 Å². The molecule has 0 radical (unpaired) electrons. The number of carbonyl (C=O) groups is 1. The van der Waals surface area contributed by atoms with Gasteiger partial charge in [-0.3, -0.25) is 4.79 Å². The quantitative estimate of drug-likeness (QED) is 0.237. The molecule has 0 aliphatic heterocycles. The van der Waals surface area contributed by atoms with Crippen LogP contribution in [-0.2, 0) is 0 Å². The maximum absolute atomic E-state index is 10.3. The zero-order valence-electron chi connectivity index (χ0n) is 6.14. The van der Waals surface area contributed by atoms with Crippen LogP contribution in [0.3, 0.4) is 0 Å². The monoisotopic (exact) mass is 162 g/mol. The normalized spacial score (nSPS) is 8.67. The number of aldehydes is 1. The van der Waals surface area contributed by atoms with Gasteiger partial charge in [0, 0.05) is 21.8 Å². The van der Waals surface area contributed by atoms with Crippen LogP contribution in [0.1, 0.15) is 10.4 Å². The van der Waals surface area contributed by atoms with E-state index in [-0.39, 0.29) is 0 Å². The lowest BCUT2D eigenvalue weighted by atomic mass is 10.2. The second-order valence-corrected chi connectivity index (χ2v) is 2.12. The number of rotatable bonds is 2. The van der Waals surface area contributed by atoms with Crippen molar-refractivity contribution in [1.29, 1.82) is 0 Å². The Kier molecular flexibility index (Phi) is 2.30. The molecule has 0 saturated heterocycles. The van der Waals surface area contributed by atoms with Gasteiger partial charge in [-0.2, -0.15) is 0 Å². The summed E-state index contributed by atoms with van der Waals surface area (Å²) in [6, 6.07) is 4.48. The summed E-state index contributed by atoms with van der Waals surface area (Å²) >= 11 is 0. The molecule has 1 rings (SSSR count). The van der Waals surface area contributed by atoms with Crippen LogP contribution < -0.4 is 5.73 Å². The minimum absolute atomic E-state index is 0.315. The molecule has 0 bridgehead atoms. The zero-order chi connectivity index (χ0) is 8.97. The van der Waals surface area contributed by atoms with E-state index < -0.39 is 0 Å². The van der Waals surface area contributed by atoms with Crippen LogP contribution in [0.25, 0.3) is 10.4 Å². The molecule has 0 saturated carbocycles. The summed E-state index contributed by atoms with van der Waals surface area (Å²) in [6.45, 7) is 0. The first-order valence-electron chi connectivity index (χ1n) is 3.17. The Bertz CT molecular complexity index is 354. The van der Waals surface area contributed by atoms with Crippen molar-refractivity contribution < 1.29 is 4.79 Å². The average Bonchev–Trinajstić information content (AvgIpc) is 2.05. The van der Waals surface area contributed by atoms with E-state index in [2.05, 4.69) is 10.0 Å². The zero-order valence-corrected chi connectivity index (χ0v) is 6.14. The van der Waals surface area contributed by atoms with Crippen LogP contribution in [0.5, 0.6) is 0 Å². The Labute approximate surface area is 68.4 Å². The highest BCUT2D eigenvalue weighted by Crippen LogP contribution is 2.18. The summed E-state index contributed by atoms with van der Waals surface area (Å²) in [7, 11) is 0. The predicted octanol–water partition coefficient (Wildman–Crippen LogP) is 2.02. The third-order valence-electron chi connectivity index (χ3n) is 1.36. The van der Waals surface area contributed by atoms with Crippen molar-refractivity contribution in [2.45, 2.75) is 0 Å². The second kappa shape index (κ2) is 3.41. The smallest absolute Gasteiger partial charge is 0.152 e. The highest BCUT2D eigenvalue weighted by atomic mass is 16.1. The lowest BCUT2D eigenvalue weighted by Crippen LogP contribution is -1.90. The van der Waals surface area contributed by atoms with Crippen molar-refractivity contribution in [2.75, 3.05) is 5.73 Å². The van der Waals surface area contributed by atoms with Crippen molar-refractivity contribution in [3.05, 3.63) is 34.2 Å². The van der Waals surface area contributed by atoms with Gasteiger partial charge in [0.05, 0.1) is 0 Å². The highest BCUT2D eigenvalue weighted by Gasteiger charge is 1.96. The van der Waals surface area contributed by atoms with Crippen LogP contribution in [0.4, 0.5) is 11.4 Å². The molecule has 0 fully saturated rings. The Morgan fingerprint density at radius 3 is 2.83 bits per heavy atom. The fourth-order valence-electron chi connectivity index (χ4n) is 0.783. The molecule has 60 valence electrons. The van der Waals surface area contributed by atoms with Crippen LogP contribution in [-0.4, -0.2) is 6.29 Å². The first kappa shape index (κ1) is 8.10. The largest absolute Gasteiger partial charge is 0.398 e. The molecule has 5 nitrogen and oxygen atoms in total. The summed E-state index contributed by atoms with van der Waals surface area (Å²) in [5.74, 6) is 0. The van der Waals surface area contributed by atoms with E-state index in [0.29, 0.717) is 23.2 Å². The molecule has 0 spiro atoms. The van der Waals surface area contributed by atoms with Crippen LogP contribution in [0.2, 0.25) is 0 Å². The molecular weight excluding hydrogens is 156 g/mol. The van der Waals surface area contributed by atoms with Gasteiger partial charge in [-0.25, -0.2) is 0 Å². The van der Waals surface area contributed by atoms with E-state index >= 15 is 0 Å². The van der Waals surface area contributed by atoms with Gasteiger partial charge in [0.1, 0.15) is 0 Å². The summed E-state index contributed by atoms with van der Waals surface area (Å²) in [4.78, 5) is 12.9. The summed E-state index contributed by atoms with van der Waals surface area (Å²) in [6.07, 6.45) is 0.648. The van der Waals surface area contributed by atoms with Crippen molar-refractivity contribution in [3.8, 4) is 0 Å². The number of hydrogen-bond acceptors (Lipinski definition) is 3. The van der Waals surface area contributed by atoms with Crippen LogP contribution in [0, 0.1) is 0 Å². The molecule has 1 aromatic rings. The highest BCUT2D eigenvalue weighted by molar-refractivity contribution is 5.84. The van der Waals surface area contributed by atoms with Gasteiger partial charge in [-0.05, 0) is 17.7 Å². The summed E-state index contributed by atoms with van der Waals surface area (Å²) in [5, 5.41) is 3.33. The molecule has 0 atom stereocenters. The van der Waals surface area contributed by atoms with Gasteiger partial charge in [0.25, 0.3) is 0 Å². The number of nitrogen functional groups attached to an aromatic ring is 1. The Morgan fingerprint density at radius 2 is 2.33 bits per heavy atom. The Hall–Kier alpha value is -2.00. The van der Waals surface area contributed by atoms with Crippen LogP contribution >= 0.6 is 0 Å². The molecule has 0 amide bonds. The first-order chi connectivity index (χ1) is 5.77. The molecule has 0 aliphatic carbocycles. The fraction of sp³-hybridized carbons (Fsp3) is 0. The van der Waals surface area contributed by atoms with E-state index in [9.17, 15) is 4.79 Å². The average molecular weight is 162 g/mol. The minimum Gasteiger partial charge on any atom is -0.398 e. The van der Waals surface area contributed by atoms with Crippen molar-refractivity contribution >= 4 is 17.7 Å². The second-order valence-electron chi connectivity index (χ2n) is 2.12. The lowest BCUT2D eigenvalue weighted by Gasteiger charge is -1.97. The number of nitrogens with two attached hydrogens (primary N) is 1. The Morgan fingerprint density at radius 1 is 1.58 bits per heavy atom. The van der Waals surface area contributed by atoms with Gasteiger partial charge in [0.15, 0.2) is 6.29 Å². The third kappa shape index (κ3) is 1.53. The molecular formula is C7H6N4O. The minimum atomic E-state index is 0.315. The number of carbonyl (C=O) groups excluding carboxylic acids is 1. The summed E-state index contributed by atoms with van der Waals surface area (Å²) in [5.41, 5.74) is 14.6. The summed E-state index contributed by atoms with van der Waals surface area (Å²) < 4.78 is 0. The van der Waals surface area contributed by atoms with E-state index in [4.69, 9.17) is 11.3 Å².